The standard InChI is InChI=1S/C22H24N4O3/c1-15(27)2-3-18-14-16-8-9-23-22(28)20(16)21(25-18)24-17-4-6-19(7-5-17)26-10-12-29-13-11-26/h4-9,14H,2-3,10-13H2,1H3,(H,23,28)(H,24,25). The molecule has 0 unspecified atom stereocenters. The first-order chi connectivity index (χ1) is 14.1. The number of carbonyl (C=O) groups excluding carboxylic acids is 1. The van der Waals surface area contributed by atoms with Gasteiger partial charge in [0, 0.05) is 42.8 Å². The first kappa shape index (κ1) is 19.1. The minimum atomic E-state index is -0.194. The van der Waals surface area contributed by atoms with Gasteiger partial charge in [0.25, 0.3) is 5.56 Å². The first-order valence-electron chi connectivity index (χ1n) is 9.81. The lowest BCUT2D eigenvalue weighted by Crippen LogP contribution is -2.36. The van der Waals surface area contributed by atoms with E-state index in [1.54, 1.807) is 13.1 Å². The van der Waals surface area contributed by atoms with E-state index in [0.29, 0.717) is 24.0 Å². The van der Waals surface area contributed by atoms with E-state index in [9.17, 15) is 9.59 Å². The molecule has 1 aromatic carbocycles. The average molecular weight is 392 g/mol. The second kappa shape index (κ2) is 8.45. The van der Waals surface area contributed by atoms with Crippen LogP contribution in [0.1, 0.15) is 19.0 Å². The van der Waals surface area contributed by atoms with Gasteiger partial charge in [-0.3, -0.25) is 4.79 Å². The van der Waals surface area contributed by atoms with Gasteiger partial charge in [-0.25, -0.2) is 4.98 Å². The number of Topliss-reactive ketones (excluding diaryl/α,β-unsaturated/α-hetero) is 1. The molecule has 7 heteroatoms. The number of anilines is 3. The minimum absolute atomic E-state index is 0.117. The molecule has 1 aliphatic heterocycles. The summed E-state index contributed by atoms with van der Waals surface area (Å²) >= 11 is 0. The molecular formula is C22H24N4O3. The molecule has 4 rings (SSSR count). The molecule has 2 N–H and O–H groups in total. The Balaban J connectivity index is 1.63. The summed E-state index contributed by atoms with van der Waals surface area (Å²) in [6.45, 7) is 4.82. The Morgan fingerprint density at radius 3 is 2.69 bits per heavy atom. The third-order valence-electron chi connectivity index (χ3n) is 5.05. The lowest BCUT2D eigenvalue weighted by atomic mass is 10.1. The smallest absolute Gasteiger partial charge is 0.259 e. The normalized spacial score (nSPS) is 14.2. The van der Waals surface area contributed by atoms with Crippen LogP contribution < -0.4 is 15.8 Å². The van der Waals surface area contributed by atoms with Crippen LogP contribution in [-0.2, 0) is 16.0 Å². The van der Waals surface area contributed by atoms with Crippen LogP contribution in [-0.4, -0.2) is 42.1 Å². The monoisotopic (exact) mass is 392 g/mol. The van der Waals surface area contributed by atoms with Crippen molar-refractivity contribution in [3.63, 3.8) is 0 Å². The van der Waals surface area contributed by atoms with E-state index in [4.69, 9.17) is 4.74 Å². The van der Waals surface area contributed by atoms with Crippen molar-refractivity contribution in [2.75, 3.05) is 36.5 Å². The van der Waals surface area contributed by atoms with Gasteiger partial charge in [-0.15, -0.1) is 0 Å². The number of aromatic nitrogens is 2. The lowest BCUT2D eigenvalue weighted by Gasteiger charge is -2.28. The van der Waals surface area contributed by atoms with Crippen LogP contribution in [0.25, 0.3) is 10.8 Å². The van der Waals surface area contributed by atoms with Gasteiger partial charge < -0.3 is 24.7 Å². The second-order valence-electron chi connectivity index (χ2n) is 7.21. The second-order valence-corrected chi connectivity index (χ2v) is 7.21. The fourth-order valence-electron chi connectivity index (χ4n) is 3.51. The Bertz CT molecular complexity index is 1070. The number of hydrogen-bond acceptors (Lipinski definition) is 6. The predicted molar refractivity (Wildman–Crippen MR) is 114 cm³/mol. The molecule has 0 spiro atoms. The summed E-state index contributed by atoms with van der Waals surface area (Å²) in [6, 6.07) is 11.8. The molecule has 1 saturated heterocycles. The van der Waals surface area contributed by atoms with Gasteiger partial charge in [-0.05, 0) is 55.1 Å². The summed E-state index contributed by atoms with van der Waals surface area (Å²) in [7, 11) is 0. The van der Waals surface area contributed by atoms with Crippen molar-refractivity contribution in [1.29, 1.82) is 0 Å². The average Bonchev–Trinajstić information content (AvgIpc) is 2.73. The quantitative estimate of drug-likeness (QED) is 0.671. The summed E-state index contributed by atoms with van der Waals surface area (Å²) in [4.78, 5) is 33.4. The molecule has 3 heterocycles. The van der Waals surface area contributed by atoms with E-state index in [1.807, 2.05) is 24.3 Å². The molecule has 0 bridgehead atoms. The molecule has 2 aromatic heterocycles. The zero-order valence-corrected chi connectivity index (χ0v) is 16.4. The van der Waals surface area contributed by atoms with Crippen molar-refractivity contribution in [3.8, 4) is 0 Å². The highest BCUT2D eigenvalue weighted by Gasteiger charge is 2.13. The fourth-order valence-corrected chi connectivity index (χ4v) is 3.51. The predicted octanol–water partition coefficient (Wildman–Crippen LogP) is 3.02. The van der Waals surface area contributed by atoms with Crippen LogP contribution in [0.4, 0.5) is 17.2 Å². The highest BCUT2D eigenvalue weighted by atomic mass is 16.5. The molecule has 3 aromatic rings. The number of morpholine rings is 1. The zero-order valence-electron chi connectivity index (χ0n) is 16.4. The van der Waals surface area contributed by atoms with Crippen molar-refractivity contribution in [2.45, 2.75) is 19.8 Å². The van der Waals surface area contributed by atoms with E-state index in [-0.39, 0.29) is 11.3 Å². The third-order valence-corrected chi connectivity index (χ3v) is 5.05. The number of rotatable bonds is 6. The van der Waals surface area contributed by atoms with Crippen LogP contribution in [0.5, 0.6) is 0 Å². The topological polar surface area (TPSA) is 87.3 Å². The number of aromatic amines is 1. The number of carbonyl (C=O) groups is 1. The third kappa shape index (κ3) is 4.46. The fraction of sp³-hybridized carbons (Fsp3) is 0.318. The molecule has 0 saturated carbocycles. The van der Waals surface area contributed by atoms with Crippen molar-refractivity contribution >= 4 is 33.7 Å². The maximum atomic E-state index is 12.4. The van der Waals surface area contributed by atoms with Gasteiger partial charge in [0.05, 0.1) is 18.6 Å². The molecule has 0 radical (unpaired) electrons. The van der Waals surface area contributed by atoms with Crippen LogP contribution in [0, 0.1) is 0 Å². The van der Waals surface area contributed by atoms with Gasteiger partial charge in [0.1, 0.15) is 11.6 Å². The van der Waals surface area contributed by atoms with Gasteiger partial charge in [0.15, 0.2) is 0 Å². The highest BCUT2D eigenvalue weighted by molar-refractivity contribution is 5.93. The van der Waals surface area contributed by atoms with E-state index >= 15 is 0 Å². The minimum Gasteiger partial charge on any atom is -0.378 e. The number of hydrogen-bond donors (Lipinski definition) is 2. The van der Waals surface area contributed by atoms with Crippen LogP contribution in [0.15, 0.2) is 47.4 Å². The molecule has 0 atom stereocenters. The van der Waals surface area contributed by atoms with Gasteiger partial charge in [-0.2, -0.15) is 0 Å². The molecular weight excluding hydrogens is 368 g/mol. The SMILES string of the molecule is CC(=O)CCc1cc2cc[nH]c(=O)c2c(Nc2ccc(N3CCOCC3)cc2)n1. The number of H-pyrrole nitrogens is 1. The molecule has 0 amide bonds. The van der Waals surface area contributed by atoms with Crippen molar-refractivity contribution < 1.29 is 9.53 Å². The van der Waals surface area contributed by atoms with E-state index in [0.717, 1.165) is 48.8 Å². The number of ether oxygens (including phenoxy) is 1. The molecule has 1 fully saturated rings. The van der Waals surface area contributed by atoms with Gasteiger partial charge >= 0.3 is 0 Å². The van der Waals surface area contributed by atoms with Crippen molar-refractivity contribution in [1.82, 2.24) is 9.97 Å². The summed E-state index contributed by atoms with van der Waals surface area (Å²) < 4.78 is 5.41. The largest absolute Gasteiger partial charge is 0.378 e. The van der Waals surface area contributed by atoms with Crippen LogP contribution in [0.2, 0.25) is 0 Å². The highest BCUT2D eigenvalue weighted by Crippen LogP contribution is 2.25. The number of nitrogens with zero attached hydrogens (tertiary/aromatic N) is 2. The van der Waals surface area contributed by atoms with E-state index in [1.165, 1.54) is 0 Å². The molecule has 7 nitrogen and oxygen atoms in total. The number of nitrogens with one attached hydrogen (secondary N) is 2. The number of benzene rings is 1. The first-order valence-corrected chi connectivity index (χ1v) is 9.81. The van der Waals surface area contributed by atoms with Crippen LogP contribution >= 0.6 is 0 Å². The number of pyridine rings is 2. The molecule has 150 valence electrons. The van der Waals surface area contributed by atoms with Gasteiger partial charge in [0.2, 0.25) is 0 Å². The molecule has 1 aliphatic rings. The Labute approximate surface area is 168 Å². The summed E-state index contributed by atoms with van der Waals surface area (Å²) in [5, 5.41) is 4.60. The Kier molecular flexibility index (Phi) is 5.57. The van der Waals surface area contributed by atoms with Crippen LogP contribution in [0.3, 0.4) is 0 Å². The maximum Gasteiger partial charge on any atom is 0.259 e. The van der Waals surface area contributed by atoms with E-state index in [2.05, 4.69) is 32.3 Å². The molecule has 0 aliphatic carbocycles. The summed E-state index contributed by atoms with van der Waals surface area (Å²) in [5.74, 6) is 0.619. The number of aryl methyl sites for hydroxylation is 1. The number of fused-ring (bicyclic) bond motifs is 1. The zero-order chi connectivity index (χ0) is 20.2. The maximum absolute atomic E-state index is 12.4. The summed E-state index contributed by atoms with van der Waals surface area (Å²) in [5.41, 5.74) is 2.58. The summed E-state index contributed by atoms with van der Waals surface area (Å²) in [6.07, 6.45) is 2.60. The molecule has 29 heavy (non-hydrogen) atoms. The Morgan fingerprint density at radius 2 is 1.97 bits per heavy atom. The van der Waals surface area contributed by atoms with Gasteiger partial charge in [-0.1, -0.05) is 0 Å². The number of ketones is 1. The van der Waals surface area contributed by atoms with Crippen molar-refractivity contribution in [3.05, 3.63) is 58.6 Å². The lowest BCUT2D eigenvalue weighted by molar-refractivity contribution is -0.116. The Morgan fingerprint density at radius 1 is 1.21 bits per heavy atom. The van der Waals surface area contributed by atoms with Crippen molar-refractivity contribution in [2.24, 2.45) is 0 Å². The van der Waals surface area contributed by atoms with E-state index < -0.39 is 0 Å². The Hall–Kier alpha value is -3.19.